The van der Waals surface area contributed by atoms with Gasteiger partial charge in [0.05, 0.1) is 4.92 Å². The molecular formula is C18H19BrN2O4. The largest absolute Gasteiger partial charge is 0.483 e. The van der Waals surface area contributed by atoms with E-state index in [9.17, 15) is 14.9 Å². The number of carbonyl (C=O) groups is 1. The molecule has 0 saturated carbocycles. The van der Waals surface area contributed by atoms with Crippen molar-refractivity contribution >= 4 is 33.2 Å². The van der Waals surface area contributed by atoms with Gasteiger partial charge in [-0.25, -0.2) is 0 Å². The zero-order valence-electron chi connectivity index (χ0n) is 14.5. The molecule has 0 atom stereocenters. The van der Waals surface area contributed by atoms with Crippen LogP contribution in [0.3, 0.4) is 0 Å². The third-order valence-electron chi connectivity index (χ3n) is 3.94. The van der Waals surface area contributed by atoms with E-state index >= 15 is 0 Å². The Labute approximate surface area is 154 Å². The summed E-state index contributed by atoms with van der Waals surface area (Å²) in [7, 11) is 0. The van der Waals surface area contributed by atoms with Gasteiger partial charge in [-0.2, -0.15) is 0 Å². The Morgan fingerprint density at radius 1 is 1.20 bits per heavy atom. The summed E-state index contributed by atoms with van der Waals surface area (Å²) in [5.41, 5.74) is 3.75. The van der Waals surface area contributed by atoms with Gasteiger partial charge in [0.2, 0.25) is 0 Å². The molecule has 0 unspecified atom stereocenters. The SMILES string of the molecule is Cc1ccc(NC(=O)COc2cc(C)c(Br)c(C)c2C)c([N+](=O)[O-])c1. The van der Waals surface area contributed by atoms with Gasteiger partial charge in [0, 0.05) is 10.5 Å². The molecule has 0 saturated heterocycles. The monoisotopic (exact) mass is 406 g/mol. The molecule has 132 valence electrons. The number of rotatable bonds is 5. The zero-order chi connectivity index (χ0) is 18.7. The van der Waals surface area contributed by atoms with E-state index in [1.165, 1.54) is 12.1 Å². The highest BCUT2D eigenvalue weighted by Crippen LogP contribution is 2.31. The molecule has 2 rings (SSSR count). The van der Waals surface area contributed by atoms with Crippen LogP contribution in [0, 0.1) is 37.8 Å². The molecule has 0 fully saturated rings. The topological polar surface area (TPSA) is 81.5 Å². The van der Waals surface area contributed by atoms with Crippen molar-refractivity contribution in [3.8, 4) is 5.75 Å². The van der Waals surface area contributed by atoms with Crippen molar-refractivity contribution in [2.45, 2.75) is 27.7 Å². The first-order valence-electron chi connectivity index (χ1n) is 7.64. The van der Waals surface area contributed by atoms with Crippen LogP contribution in [0.5, 0.6) is 5.75 Å². The fourth-order valence-corrected chi connectivity index (χ4v) is 2.80. The summed E-state index contributed by atoms with van der Waals surface area (Å²) in [6.07, 6.45) is 0. The number of ether oxygens (including phenoxy) is 1. The Bertz CT molecular complexity index is 849. The Hall–Kier alpha value is -2.41. The fourth-order valence-electron chi connectivity index (χ4n) is 2.39. The minimum atomic E-state index is -0.519. The predicted molar refractivity (Wildman–Crippen MR) is 100 cm³/mol. The molecule has 0 aliphatic rings. The first-order chi connectivity index (χ1) is 11.7. The second-order valence-corrected chi connectivity index (χ2v) is 6.66. The summed E-state index contributed by atoms with van der Waals surface area (Å²) in [5.74, 6) is 0.163. The number of aryl methyl sites for hydroxylation is 2. The number of carbonyl (C=O) groups excluding carboxylic acids is 1. The molecule has 7 heteroatoms. The van der Waals surface area contributed by atoms with E-state index in [1.54, 1.807) is 13.0 Å². The van der Waals surface area contributed by atoms with Crippen molar-refractivity contribution in [3.05, 3.63) is 61.1 Å². The van der Waals surface area contributed by atoms with Gasteiger partial charge in [-0.15, -0.1) is 0 Å². The van der Waals surface area contributed by atoms with E-state index in [1.807, 2.05) is 26.8 Å². The summed E-state index contributed by atoms with van der Waals surface area (Å²) >= 11 is 3.52. The van der Waals surface area contributed by atoms with Crippen LogP contribution in [0.15, 0.2) is 28.7 Å². The molecule has 0 aliphatic heterocycles. The van der Waals surface area contributed by atoms with Gasteiger partial charge < -0.3 is 10.1 Å². The molecule has 6 nitrogen and oxygen atoms in total. The molecule has 0 aromatic heterocycles. The maximum absolute atomic E-state index is 12.1. The smallest absolute Gasteiger partial charge is 0.293 e. The van der Waals surface area contributed by atoms with E-state index in [-0.39, 0.29) is 18.0 Å². The maximum Gasteiger partial charge on any atom is 0.293 e. The Kier molecular flexibility index (Phi) is 5.79. The normalized spacial score (nSPS) is 10.4. The van der Waals surface area contributed by atoms with E-state index in [0.29, 0.717) is 5.75 Å². The standard InChI is InChI=1S/C18H19BrN2O4/c1-10-5-6-14(15(7-10)21(23)24)20-17(22)9-25-16-8-11(2)18(19)13(4)12(16)3/h5-8H,9H2,1-4H3,(H,20,22). The van der Waals surface area contributed by atoms with Crippen LogP contribution in [0.1, 0.15) is 22.3 Å². The van der Waals surface area contributed by atoms with E-state index < -0.39 is 10.8 Å². The van der Waals surface area contributed by atoms with E-state index in [0.717, 1.165) is 26.7 Å². The van der Waals surface area contributed by atoms with Crippen LogP contribution < -0.4 is 10.1 Å². The van der Waals surface area contributed by atoms with Crippen molar-refractivity contribution < 1.29 is 14.5 Å². The van der Waals surface area contributed by atoms with Gasteiger partial charge in [0.1, 0.15) is 11.4 Å². The van der Waals surface area contributed by atoms with E-state index in [4.69, 9.17) is 4.74 Å². The molecule has 0 radical (unpaired) electrons. The van der Waals surface area contributed by atoms with Crippen molar-refractivity contribution in [1.29, 1.82) is 0 Å². The molecule has 0 aliphatic carbocycles. The van der Waals surface area contributed by atoms with Crippen molar-refractivity contribution in [2.75, 3.05) is 11.9 Å². The van der Waals surface area contributed by atoms with Gasteiger partial charge in [-0.05, 0) is 62.1 Å². The quantitative estimate of drug-likeness (QED) is 0.580. The number of benzene rings is 2. The van der Waals surface area contributed by atoms with Crippen LogP contribution >= 0.6 is 15.9 Å². The van der Waals surface area contributed by atoms with Gasteiger partial charge in [-0.1, -0.05) is 22.0 Å². The average Bonchev–Trinajstić information content (AvgIpc) is 2.56. The number of hydrogen-bond acceptors (Lipinski definition) is 4. The van der Waals surface area contributed by atoms with Crippen molar-refractivity contribution in [2.24, 2.45) is 0 Å². The Morgan fingerprint density at radius 3 is 2.52 bits per heavy atom. The van der Waals surface area contributed by atoms with Gasteiger partial charge in [0.25, 0.3) is 11.6 Å². The summed E-state index contributed by atoms with van der Waals surface area (Å²) in [6, 6.07) is 6.50. The van der Waals surface area contributed by atoms with Crippen LogP contribution in [0.4, 0.5) is 11.4 Å². The predicted octanol–water partition coefficient (Wildman–Crippen LogP) is 4.61. The van der Waals surface area contributed by atoms with Crippen LogP contribution in [-0.2, 0) is 4.79 Å². The number of nitro groups is 1. The van der Waals surface area contributed by atoms with Gasteiger partial charge >= 0.3 is 0 Å². The number of nitrogens with one attached hydrogen (secondary N) is 1. The fraction of sp³-hybridized carbons (Fsp3) is 0.278. The number of nitro benzene ring substituents is 1. The van der Waals surface area contributed by atoms with Crippen molar-refractivity contribution in [1.82, 2.24) is 0 Å². The molecule has 1 N–H and O–H groups in total. The van der Waals surface area contributed by atoms with Crippen LogP contribution in [0.2, 0.25) is 0 Å². The summed E-state index contributed by atoms with van der Waals surface area (Å²) < 4.78 is 6.62. The molecule has 25 heavy (non-hydrogen) atoms. The number of anilines is 1. The molecular weight excluding hydrogens is 388 g/mol. The molecule has 2 aromatic carbocycles. The average molecular weight is 407 g/mol. The second-order valence-electron chi connectivity index (χ2n) is 5.87. The van der Waals surface area contributed by atoms with Crippen LogP contribution in [0.25, 0.3) is 0 Å². The molecule has 0 bridgehead atoms. The first kappa shape index (κ1) is 18.9. The van der Waals surface area contributed by atoms with Gasteiger partial charge in [-0.3, -0.25) is 14.9 Å². The lowest BCUT2D eigenvalue weighted by Crippen LogP contribution is -2.21. The number of hydrogen-bond donors (Lipinski definition) is 1. The van der Waals surface area contributed by atoms with E-state index in [2.05, 4.69) is 21.2 Å². The lowest BCUT2D eigenvalue weighted by molar-refractivity contribution is -0.384. The molecule has 1 amide bonds. The highest BCUT2D eigenvalue weighted by Gasteiger charge is 2.17. The summed E-state index contributed by atoms with van der Waals surface area (Å²) in [6.45, 7) is 7.35. The minimum absolute atomic E-state index is 0.139. The lowest BCUT2D eigenvalue weighted by atomic mass is 10.1. The highest BCUT2D eigenvalue weighted by atomic mass is 79.9. The molecule has 0 heterocycles. The van der Waals surface area contributed by atoms with Crippen molar-refractivity contribution in [3.63, 3.8) is 0 Å². The summed E-state index contributed by atoms with van der Waals surface area (Å²) in [5, 5.41) is 13.6. The molecule has 0 spiro atoms. The highest BCUT2D eigenvalue weighted by molar-refractivity contribution is 9.10. The Morgan fingerprint density at radius 2 is 1.88 bits per heavy atom. The summed E-state index contributed by atoms with van der Waals surface area (Å²) in [4.78, 5) is 22.7. The zero-order valence-corrected chi connectivity index (χ0v) is 16.1. The molecule has 2 aromatic rings. The number of halogens is 1. The lowest BCUT2D eigenvalue weighted by Gasteiger charge is -2.14. The number of nitrogens with zero attached hydrogens (tertiary/aromatic N) is 1. The minimum Gasteiger partial charge on any atom is -0.483 e. The first-order valence-corrected chi connectivity index (χ1v) is 8.44. The third-order valence-corrected chi connectivity index (χ3v) is 5.16. The third kappa shape index (κ3) is 4.36. The maximum atomic E-state index is 12.1. The second kappa shape index (κ2) is 7.65. The van der Waals surface area contributed by atoms with Gasteiger partial charge in [0.15, 0.2) is 6.61 Å². The van der Waals surface area contributed by atoms with Crippen LogP contribution in [-0.4, -0.2) is 17.4 Å². The number of amides is 1. The Balaban J connectivity index is 2.11.